The van der Waals surface area contributed by atoms with Crippen LogP contribution in [0.3, 0.4) is 0 Å². The van der Waals surface area contributed by atoms with Crippen LogP contribution in [-0.4, -0.2) is 21.2 Å². The zero-order valence-corrected chi connectivity index (χ0v) is 18.4. The van der Waals surface area contributed by atoms with E-state index in [1.807, 2.05) is 55.1 Å². The Bertz CT molecular complexity index is 1340. The quantitative estimate of drug-likeness (QED) is 0.411. The fourth-order valence-corrected chi connectivity index (χ4v) is 3.66. The summed E-state index contributed by atoms with van der Waals surface area (Å²) < 4.78 is 1.83. The lowest BCUT2D eigenvalue weighted by atomic mass is 9.92. The number of carbonyl (C=O) groups excluding carboxylic acids is 2. The molecular formula is C25H21ClN4O2. The standard InChI is InChI=1S/C23H15ClN4O2.C2H6/c24-19-20(22(30)18-6-2-1-5-17(18)21(19)29)26-15-7-9-16(10-8-15)27-28-13-11-14-4-3-12-25-23(14)28;1-2/h1-13,26-27H;1-2H3. The number of hydrogen-bond donors (Lipinski definition) is 2. The Morgan fingerprint density at radius 2 is 1.47 bits per heavy atom. The number of nitrogens with one attached hydrogen (secondary N) is 2. The summed E-state index contributed by atoms with van der Waals surface area (Å²) in [5.74, 6) is -0.665. The Morgan fingerprint density at radius 1 is 0.812 bits per heavy atom. The van der Waals surface area contributed by atoms with Crippen molar-refractivity contribution in [1.29, 1.82) is 0 Å². The van der Waals surface area contributed by atoms with Gasteiger partial charge in [-0.15, -0.1) is 0 Å². The van der Waals surface area contributed by atoms with Crippen molar-refractivity contribution in [3.8, 4) is 0 Å². The maximum atomic E-state index is 12.8. The van der Waals surface area contributed by atoms with Crippen molar-refractivity contribution in [2.45, 2.75) is 13.8 Å². The molecule has 0 amide bonds. The van der Waals surface area contributed by atoms with Gasteiger partial charge in [0.1, 0.15) is 10.7 Å². The molecule has 2 aromatic heterocycles. The van der Waals surface area contributed by atoms with Gasteiger partial charge in [0.2, 0.25) is 11.6 Å². The van der Waals surface area contributed by atoms with Crippen LogP contribution in [0.4, 0.5) is 11.4 Å². The van der Waals surface area contributed by atoms with Crippen LogP contribution in [0.25, 0.3) is 11.0 Å². The molecule has 2 aromatic carbocycles. The smallest absolute Gasteiger partial charge is 0.211 e. The molecular weight excluding hydrogens is 424 g/mol. The number of pyridine rings is 1. The van der Waals surface area contributed by atoms with Gasteiger partial charge in [0.15, 0.2) is 5.65 Å². The molecule has 0 saturated carbocycles. The topological polar surface area (TPSA) is 76.0 Å². The van der Waals surface area contributed by atoms with Gasteiger partial charge in [-0.05, 0) is 42.5 Å². The highest BCUT2D eigenvalue weighted by Gasteiger charge is 2.31. The Balaban J connectivity index is 0.00000119. The van der Waals surface area contributed by atoms with Gasteiger partial charge in [0.25, 0.3) is 0 Å². The normalized spacial score (nSPS) is 12.8. The van der Waals surface area contributed by atoms with Crippen molar-refractivity contribution in [1.82, 2.24) is 9.66 Å². The zero-order chi connectivity index (χ0) is 22.7. The summed E-state index contributed by atoms with van der Waals surface area (Å²) in [5, 5.41) is 3.93. The van der Waals surface area contributed by atoms with E-state index in [1.54, 1.807) is 42.6 Å². The number of anilines is 2. The number of aromatic nitrogens is 2. The first-order valence-corrected chi connectivity index (χ1v) is 10.6. The van der Waals surface area contributed by atoms with Crippen LogP contribution in [0.5, 0.6) is 0 Å². The number of fused-ring (bicyclic) bond motifs is 2. The largest absolute Gasteiger partial charge is 0.351 e. The van der Waals surface area contributed by atoms with E-state index in [1.165, 1.54) is 0 Å². The van der Waals surface area contributed by atoms with Crippen LogP contribution in [0.15, 0.2) is 89.9 Å². The number of allylic oxidation sites excluding steroid dienone is 2. The van der Waals surface area contributed by atoms with Crippen molar-refractivity contribution >= 4 is 45.6 Å². The van der Waals surface area contributed by atoms with Gasteiger partial charge >= 0.3 is 0 Å². The van der Waals surface area contributed by atoms with Crippen LogP contribution in [0.1, 0.15) is 34.6 Å². The molecule has 1 aliphatic rings. The van der Waals surface area contributed by atoms with Crippen molar-refractivity contribution in [3.63, 3.8) is 0 Å². The predicted molar refractivity (Wildman–Crippen MR) is 128 cm³/mol. The fraction of sp³-hybridized carbons (Fsp3) is 0.0800. The van der Waals surface area contributed by atoms with E-state index in [-0.39, 0.29) is 22.3 Å². The third-order valence-corrected chi connectivity index (χ3v) is 5.27. The summed E-state index contributed by atoms with van der Waals surface area (Å²) in [6.45, 7) is 4.00. The molecule has 2 N–H and O–H groups in total. The molecule has 0 aliphatic heterocycles. The first-order chi connectivity index (χ1) is 15.6. The van der Waals surface area contributed by atoms with Crippen LogP contribution in [-0.2, 0) is 0 Å². The predicted octanol–water partition coefficient (Wildman–Crippen LogP) is 5.88. The molecule has 0 atom stereocenters. The number of rotatable bonds is 4. The molecule has 0 spiro atoms. The van der Waals surface area contributed by atoms with Gasteiger partial charge in [0, 0.05) is 34.6 Å². The molecule has 0 unspecified atom stereocenters. The number of benzene rings is 2. The average molecular weight is 445 g/mol. The minimum absolute atomic E-state index is 0.0849. The highest BCUT2D eigenvalue weighted by atomic mass is 35.5. The maximum absolute atomic E-state index is 12.8. The number of carbonyl (C=O) groups is 2. The number of halogens is 1. The molecule has 0 bridgehead atoms. The third kappa shape index (κ3) is 3.88. The average Bonchev–Trinajstić information content (AvgIpc) is 3.25. The molecule has 4 aromatic rings. The van der Waals surface area contributed by atoms with Crippen LogP contribution >= 0.6 is 11.6 Å². The third-order valence-electron chi connectivity index (χ3n) is 4.91. The fourth-order valence-electron chi connectivity index (χ4n) is 3.42. The van der Waals surface area contributed by atoms with E-state index >= 15 is 0 Å². The summed E-state index contributed by atoms with van der Waals surface area (Å²) in [6.07, 6.45) is 3.64. The zero-order valence-electron chi connectivity index (χ0n) is 17.6. The Kier molecular flexibility index (Phi) is 6.05. The summed E-state index contributed by atoms with van der Waals surface area (Å²) in [5.41, 5.74) is 6.32. The van der Waals surface area contributed by atoms with E-state index in [2.05, 4.69) is 15.7 Å². The van der Waals surface area contributed by atoms with E-state index in [0.29, 0.717) is 16.8 Å². The van der Waals surface area contributed by atoms with E-state index in [0.717, 1.165) is 16.7 Å². The first-order valence-electron chi connectivity index (χ1n) is 10.3. The van der Waals surface area contributed by atoms with Gasteiger partial charge < -0.3 is 5.32 Å². The second-order valence-electron chi connectivity index (χ2n) is 6.81. The van der Waals surface area contributed by atoms with Gasteiger partial charge in [0.05, 0.1) is 5.69 Å². The summed E-state index contributed by atoms with van der Waals surface area (Å²) >= 11 is 6.21. The summed E-state index contributed by atoms with van der Waals surface area (Å²) in [4.78, 5) is 29.7. The molecule has 0 radical (unpaired) electrons. The monoisotopic (exact) mass is 444 g/mol. The summed E-state index contributed by atoms with van der Waals surface area (Å²) in [7, 11) is 0. The molecule has 1 aliphatic carbocycles. The van der Waals surface area contributed by atoms with E-state index < -0.39 is 0 Å². The van der Waals surface area contributed by atoms with Crippen LogP contribution in [0, 0.1) is 0 Å². The van der Waals surface area contributed by atoms with Crippen molar-refractivity contribution in [2.75, 3.05) is 10.7 Å². The minimum atomic E-state index is -0.361. The van der Waals surface area contributed by atoms with Gasteiger partial charge in [-0.2, -0.15) is 0 Å². The lowest BCUT2D eigenvalue weighted by molar-refractivity contribution is 0.0982. The Labute approximate surface area is 190 Å². The number of Topliss-reactive ketones (excluding diaryl/α,β-unsaturated/α-hetero) is 2. The second-order valence-corrected chi connectivity index (χ2v) is 7.19. The van der Waals surface area contributed by atoms with Crippen molar-refractivity contribution in [3.05, 3.63) is 101 Å². The lowest BCUT2D eigenvalue weighted by Crippen LogP contribution is -2.24. The highest BCUT2D eigenvalue weighted by Crippen LogP contribution is 2.29. The van der Waals surface area contributed by atoms with Gasteiger partial charge in [-0.1, -0.05) is 49.7 Å². The van der Waals surface area contributed by atoms with Gasteiger partial charge in [-0.25, -0.2) is 9.66 Å². The molecule has 2 heterocycles. The first kappa shape index (κ1) is 21.3. The highest BCUT2D eigenvalue weighted by molar-refractivity contribution is 6.50. The molecule has 5 rings (SSSR count). The number of hydrogen-bond acceptors (Lipinski definition) is 5. The maximum Gasteiger partial charge on any atom is 0.211 e. The molecule has 0 saturated heterocycles. The van der Waals surface area contributed by atoms with E-state index in [9.17, 15) is 9.59 Å². The molecule has 160 valence electrons. The number of nitrogens with zero attached hydrogens (tertiary/aromatic N) is 2. The van der Waals surface area contributed by atoms with Gasteiger partial charge in [-0.3, -0.25) is 15.0 Å². The Hall–Kier alpha value is -3.90. The van der Waals surface area contributed by atoms with E-state index in [4.69, 9.17) is 11.6 Å². The second kappa shape index (κ2) is 9.08. The van der Waals surface area contributed by atoms with Crippen molar-refractivity contribution < 1.29 is 9.59 Å². The SMILES string of the molecule is CC.O=C1C(Cl)=C(Nc2ccc(Nn3ccc4cccnc43)cc2)C(=O)c2ccccc21. The minimum Gasteiger partial charge on any atom is -0.351 e. The molecule has 7 heteroatoms. The summed E-state index contributed by atoms with van der Waals surface area (Å²) in [6, 6.07) is 19.8. The van der Waals surface area contributed by atoms with Crippen LogP contribution in [0.2, 0.25) is 0 Å². The van der Waals surface area contributed by atoms with Crippen molar-refractivity contribution in [2.24, 2.45) is 0 Å². The molecule has 0 fully saturated rings. The van der Waals surface area contributed by atoms with Crippen LogP contribution < -0.4 is 10.7 Å². The Morgan fingerprint density at radius 3 is 2.19 bits per heavy atom. The number of ketones is 2. The molecule has 32 heavy (non-hydrogen) atoms. The lowest BCUT2D eigenvalue weighted by Gasteiger charge is -2.19. The molecule has 6 nitrogen and oxygen atoms in total.